The summed E-state index contributed by atoms with van der Waals surface area (Å²) in [5.41, 5.74) is 1.69. The van der Waals surface area contributed by atoms with E-state index in [2.05, 4.69) is 25.1 Å². The summed E-state index contributed by atoms with van der Waals surface area (Å²) in [6.45, 7) is 0. The maximum atomic E-state index is 10.1. The summed E-state index contributed by atoms with van der Waals surface area (Å²) in [6.07, 6.45) is 1.38. The van der Waals surface area contributed by atoms with Gasteiger partial charge in [-0.25, -0.2) is 9.97 Å². The summed E-state index contributed by atoms with van der Waals surface area (Å²) in [5.74, 6) is 0.502. The molecule has 0 aliphatic carbocycles. The number of para-hydroxylation sites is 2. The second-order valence-corrected chi connectivity index (χ2v) is 5.08. The Kier molecular flexibility index (Phi) is 3.57. The molecule has 0 unspecified atom stereocenters. The molecule has 2 aromatic heterocycles. The maximum Gasteiger partial charge on any atom is 0.183 e. The Morgan fingerprint density at radius 3 is 2.95 bits per heavy atom. The Balaban J connectivity index is 1.89. The van der Waals surface area contributed by atoms with Crippen LogP contribution in [0.15, 0.2) is 41.5 Å². The summed E-state index contributed by atoms with van der Waals surface area (Å²) < 4.78 is 0. The quantitative estimate of drug-likeness (QED) is 0.387. The minimum absolute atomic E-state index is 0.0574. The molecule has 0 radical (unpaired) electrons. The summed E-state index contributed by atoms with van der Waals surface area (Å²) in [5, 5.41) is 26.3. The van der Waals surface area contributed by atoms with E-state index in [1.54, 1.807) is 0 Å². The number of thioether (sulfide) groups is 1. The van der Waals surface area contributed by atoms with Crippen molar-refractivity contribution in [2.45, 2.75) is 5.16 Å². The molecule has 8 heteroatoms. The SMILES string of the molecule is N#CC(=C(O)CSc1ncn[nH]1)c1nc2ccccc2[nH]1. The molecule has 0 fully saturated rings. The molecule has 0 aliphatic rings. The lowest BCUT2D eigenvalue weighted by atomic mass is 10.2. The van der Waals surface area contributed by atoms with E-state index in [9.17, 15) is 10.4 Å². The number of hydrogen-bond acceptors (Lipinski definition) is 6. The summed E-state index contributed by atoms with van der Waals surface area (Å²) in [7, 11) is 0. The normalized spacial score (nSPS) is 12.1. The number of aromatic amines is 2. The highest BCUT2D eigenvalue weighted by atomic mass is 32.2. The second kappa shape index (κ2) is 5.68. The van der Waals surface area contributed by atoms with Crippen molar-refractivity contribution >= 4 is 28.4 Å². The van der Waals surface area contributed by atoms with Gasteiger partial charge in [-0.2, -0.15) is 10.4 Å². The molecule has 0 atom stereocenters. The molecule has 0 amide bonds. The highest BCUT2D eigenvalue weighted by molar-refractivity contribution is 7.99. The number of imidazole rings is 1. The van der Waals surface area contributed by atoms with Crippen LogP contribution in [0.5, 0.6) is 0 Å². The first-order valence-corrected chi connectivity index (χ1v) is 7.02. The molecule has 0 saturated carbocycles. The van der Waals surface area contributed by atoms with E-state index in [-0.39, 0.29) is 17.1 Å². The standard InChI is InChI=1S/C13H10N6OS/c14-5-8(11(20)6-21-13-15-7-16-19-13)12-17-9-3-1-2-4-10(9)18-12/h1-4,7,20H,6H2,(H,17,18)(H,15,16,19). The summed E-state index contributed by atoms with van der Waals surface area (Å²) in [4.78, 5) is 11.3. The number of H-pyrrole nitrogens is 2. The third-order valence-corrected chi connectivity index (χ3v) is 3.65. The molecule has 1 aromatic carbocycles. The molecular weight excluding hydrogens is 288 g/mol. The number of allylic oxidation sites excluding steroid dienone is 1. The molecule has 0 aliphatic heterocycles. The number of hydrogen-bond donors (Lipinski definition) is 3. The highest BCUT2D eigenvalue weighted by Crippen LogP contribution is 2.22. The number of aliphatic hydroxyl groups is 1. The predicted molar refractivity (Wildman–Crippen MR) is 78.4 cm³/mol. The van der Waals surface area contributed by atoms with Gasteiger partial charge in [0.05, 0.1) is 16.8 Å². The van der Waals surface area contributed by atoms with Gasteiger partial charge >= 0.3 is 0 Å². The molecule has 2 heterocycles. The first-order valence-electron chi connectivity index (χ1n) is 6.03. The van der Waals surface area contributed by atoms with E-state index in [1.807, 2.05) is 30.3 Å². The van der Waals surface area contributed by atoms with Gasteiger partial charge in [0.1, 0.15) is 23.7 Å². The van der Waals surface area contributed by atoms with Gasteiger partial charge in [0.25, 0.3) is 0 Å². The molecule has 104 valence electrons. The van der Waals surface area contributed by atoms with E-state index in [4.69, 9.17) is 0 Å². The first kappa shape index (κ1) is 13.2. The van der Waals surface area contributed by atoms with Gasteiger partial charge in [-0.05, 0) is 12.1 Å². The molecule has 3 N–H and O–H groups in total. The molecule has 21 heavy (non-hydrogen) atoms. The van der Waals surface area contributed by atoms with Crippen LogP contribution >= 0.6 is 11.8 Å². The van der Waals surface area contributed by atoms with E-state index < -0.39 is 0 Å². The average Bonchev–Trinajstić information content (AvgIpc) is 3.15. The number of rotatable bonds is 4. The van der Waals surface area contributed by atoms with Crippen molar-refractivity contribution in [1.82, 2.24) is 25.1 Å². The lowest BCUT2D eigenvalue weighted by Crippen LogP contribution is -1.95. The van der Waals surface area contributed by atoms with Crippen molar-refractivity contribution in [3.8, 4) is 6.07 Å². The number of nitriles is 1. The van der Waals surface area contributed by atoms with Gasteiger partial charge in [-0.3, -0.25) is 5.10 Å². The lowest BCUT2D eigenvalue weighted by Gasteiger charge is -2.00. The fourth-order valence-corrected chi connectivity index (χ4v) is 2.45. The molecule has 3 rings (SSSR count). The van der Waals surface area contributed by atoms with Gasteiger partial charge < -0.3 is 10.1 Å². The zero-order valence-corrected chi connectivity index (χ0v) is 11.6. The van der Waals surface area contributed by atoms with Crippen molar-refractivity contribution < 1.29 is 5.11 Å². The Morgan fingerprint density at radius 1 is 1.38 bits per heavy atom. The Labute approximate surface area is 123 Å². The predicted octanol–water partition coefficient (Wildman–Crippen LogP) is 2.27. The summed E-state index contributed by atoms with van der Waals surface area (Å²) >= 11 is 1.25. The average molecular weight is 298 g/mol. The van der Waals surface area contributed by atoms with Crippen LogP contribution in [0.2, 0.25) is 0 Å². The van der Waals surface area contributed by atoms with Crippen molar-refractivity contribution in [2.24, 2.45) is 0 Å². The fraction of sp³-hybridized carbons (Fsp3) is 0.0769. The van der Waals surface area contributed by atoms with Crippen LogP contribution in [-0.2, 0) is 0 Å². The third kappa shape index (κ3) is 2.73. The minimum atomic E-state index is -0.0574. The number of aliphatic hydroxyl groups excluding tert-OH is 1. The monoisotopic (exact) mass is 298 g/mol. The van der Waals surface area contributed by atoms with Gasteiger partial charge in [0.15, 0.2) is 11.0 Å². The van der Waals surface area contributed by atoms with Crippen molar-refractivity contribution in [1.29, 1.82) is 5.26 Å². The lowest BCUT2D eigenvalue weighted by molar-refractivity contribution is 0.420. The van der Waals surface area contributed by atoms with E-state index in [0.29, 0.717) is 11.0 Å². The zero-order valence-electron chi connectivity index (χ0n) is 10.7. The van der Waals surface area contributed by atoms with Crippen LogP contribution in [0, 0.1) is 11.3 Å². The maximum absolute atomic E-state index is 10.1. The van der Waals surface area contributed by atoms with Gasteiger partial charge in [0, 0.05) is 0 Å². The van der Waals surface area contributed by atoms with Crippen LogP contribution in [0.3, 0.4) is 0 Å². The van der Waals surface area contributed by atoms with Gasteiger partial charge in [-0.1, -0.05) is 23.9 Å². The molecule has 7 nitrogen and oxygen atoms in total. The highest BCUT2D eigenvalue weighted by Gasteiger charge is 2.13. The van der Waals surface area contributed by atoms with Crippen LogP contribution in [0.4, 0.5) is 0 Å². The van der Waals surface area contributed by atoms with E-state index >= 15 is 0 Å². The second-order valence-electron chi connectivity index (χ2n) is 4.12. The Bertz CT molecular complexity index is 797. The van der Waals surface area contributed by atoms with Gasteiger partial charge in [0.2, 0.25) is 0 Å². The minimum Gasteiger partial charge on any atom is -0.510 e. The van der Waals surface area contributed by atoms with Crippen molar-refractivity contribution in [2.75, 3.05) is 5.75 Å². The Morgan fingerprint density at radius 2 is 2.24 bits per heavy atom. The van der Waals surface area contributed by atoms with Crippen LogP contribution in [0.1, 0.15) is 5.82 Å². The molecule has 0 spiro atoms. The number of fused-ring (bicyclic) bond motifs is 1. The summed E-state index contributed by atoms with van der Waals surface area (Å²) in [6, 6.07) is 9.42. The molecule has 3 aromatic rings. The topological polar surface area (TPSA) is 114 Å². The third-order valence-electron chi connectivity index (χ3n) is 2.77. The van der Waals surface area contributed by atoms with E-state index in [0.717, 1.165) is 11.0 Å². The number of nitrogens with zero attached hydrogens (tertiary/aromatic N) is 4. The van der Waals surface area contributed by atoms with Crippen LogP contribution in [-0.4, -0.2) is 36.0 Å². The molecular formula is C13H10N6OS. The largest absolute Gasteiger partial charge is 0.510 e. The van der Waals surface area contributed by atoms with Gasteiger partial charge in [-0.15, -0.1) is 0 Å². The molecule has 0 saturated heterocycles. The van der Waals surface area contributed by atoms with Crippen LogP contribution in [0.25, 0.3) is 16.6 Å². The number of benzene rings is 1. The van der Waals surface area contributed by atoms with Crippen molar-refractivity contribution in [3.05, 3.63) is 42.2 Å². The number of aromatic nitrogens is 5. The smallest absolute Gasteiger partial charge is 0.183 e. The fourth-order valence-electron chi connectivity index (χ4n) is 1.80. The molecule has 0 bridgehead atoms. The van der Waals surface area contributed by atoms with Crippen LogP contribution < -0.4 is 0 Å². The van der Waals surface area contributed by atoms with E-state index in [1.165, 1.54) is 18.1 Å². The first-order chi connectivity index (χ1) is 10.3. The van der Waals surface area contributed by atoms with Crippen molar-refractivity contribution in [3.63, 3.8) is 0 Å². The zero-order chi connectivity index (χ0) is 14.7. The Hall–Kier alpha value is -2.79. The number of nitrogens with one attached hydrogen (secondary N) is 2.